The molecule has 0 atom stereocenters. The maximum Gasteiger partial charge on any atom is 0.406 e. The molecule has 1 N–H and O–H groups in total. The number of halogens is 3. The summed E-state index contributed by atoms with van der Waals surface area (Å²) in [5, 5.41) is 3.03. The molecule has 0 fully saturated rings. The van der Waals surface area contributed by atoms with E-state index in [2.05, 4.69) is 10.3 Å². The smallest absolute Gasteiger partial charge is 0.384 e. The van der Waals surface area contributed by atoms with Crippen LogP contribution in [-0.4, -0.2) is 41.1 Å². The topological polar surface area (TPSA) is 45.2 Å². The zero-order valence-electron chi connectivity index (χ0n) is 12.4. The summed E-state index contributed by atoms with van der Waals surface area (Å²) < 4.78 is 37.9. The van der Waals surface area contributed by atoms with Crippen molar-refractivity contribution in [3.8, 4) is 0 Å². The number of nitrogens with zero attached hydrogens (tertiary/aromatic N) is 2. The Hall–Kier alpha value is -1.79. The molecule has 1 rings (SSSR count). The van der Waals surface area contributed by atoms with Gasteiger partial charge in [0, 0.05) is 25.0 Å². The Labute approximate surface area is 122 Å². The molecule has 0 radical (unpaired) electrons. The van der Waals surface area contributed by atoms with Gasteiger partial charge in [-0.25, -0.2) is 0 Å². The van der Waals surface area contributed by atoms with Crippen LogP contribution < -0.4 is 5.32 Å². The highest BCUT2D eigenvalue weighted by Gasteiger charge is 2.35. The zero-order valence-corrected chi connectivity index (χ0v) is 12.4. The van der Waals surface area contributed by atoms with Gasteiger partial charge in [0.15, 0.2) is 0 Å². The lowest BCUT2D eigenvalue weighted by Crippen LogP contribution is -2.43. The zero-order chi connectivity index (χ0) is 16.0. The van der Waals surface area contributed by atoms with Gasteiger partial charge in [-0.3, -0.25) is 9.78 Å². The lowest BCUT2D eigenvalue weighted by Gasteiger charge is -2.28. The summed E-state index contributed by atoms with van der Waals surface area (Å²) in [4.78, 5) is 17.0. The first-order valence-electron chi connectivity index (χ1n) is 6.82. The average Bonchev–Trinajstić information content (AvgIpc) is 2.41. The molecule has 0 spiro atoms. The molecule has 0 saturated heterocycles. The van der Waals surface area contributed by atoms with Crippen LogP contribution in [0.4, 0.5) is 18.9 Å². The van der Waals surface area contributed by atoms with E-state index in [1.54, 1.807) is 19.9 Å². The molecular weight excluding hydrogens is 283 g/mol. The normalized spacial score (nSPS) is 11.6. The van der Waals surface area contributed by atoms with Gasteiger partial charge >= 0.3 is 6.18 Å². The fourth-order valence-electron chi connectivity index (χ4n) is 1.82. The van der Waals surface area contributed by atoms with E-state index in [-0.39, 0.29) is 5.56 Å². The first-order valence-corrected chi connectivity index (χ1v) is 6.82. The number of alkyl halides is 3. The van der Waals surface area contributed by atoms with Crippen LogP contribution >= 0.6 is 0 Å². The number of rotatable bonds is 6. The lowest BCUT2D eigenvalue weighted by atomic mass is 10.1. The molecule has 0 saturated carbocycles. The summed E-state index contributed by atoms with van der Waals surface area (Å²) in [6.45, 7) is 4.43. The van der Waals surface area contributed by atoms with Crippen molar-refractivity contribution in [3.63, 3.8) is 0 Å². The highest BCUT2D eigenvalue weighted by atomic mass is 19.4. The number of anilines is 1. The van der Waals surface area contributed by atoms with Crippen molar-refractivity contribution in [1.29, 1.82) is 0 Å². The van der Waals surface area contributed by atoms with Gasteiger partial charge in [-0.2, -0.15) is 13.2 Å². The second-order valence-corrected chi connectivity index (χ2v) is 4.99. The number of carbonyl (C=O) groups is 1. The van der Waals surface area contributed by atoms with E-state index in [4.69, 9.17) is 0 Å². The van der Waals surface area contributed by atoms with Crippen molar-refractivity contribution >= 4 is 11.6 Å². The Morgan fingerprint density at radius 3 is 2.62 bits per heavy atom. The largest absolute Gasteiger partial charge is 0.406 e. The monoisotopic (exact) mass is 303 g/mol. The van der Waals surface area contributed by atoms with Gasteiger partial charge in [-0.15, -0.1) is 0 Å². The Bertz CT molecular complexity index is 475. The molecule has 1 aromatic heterocycles. The molecule has 1 aromatic rings. The molecule has 118 valence electrons. The van der Waals surface area contributed by atoms with Gasteiger partial charge in [0.1, 0.15) is 6.54 Å². The van der Waals surface area contributed by atoms with Crippen molar-refractivity contribution in [2.45, 2.75) is 39.4 Å². The van der Waals surface area contributed by atoms with E-state index >= 15 is 0 Å². The summed E-state index contributed by atoms with van der Waals surface area (Å²) in [6.07, 6.45) is -0.796. The van der Waals surface area contributed by atoms with Gasteiger partial charge in [-0.1, -0.05) is 6.92 Å². The number of amides is 1. The number of hydrogen-bond acceptors (Lipinski definition) is 3. The number of aromatic nitrogens is 1. The van der Waals surface area contributed by atoms with Crippen LogP contribution in [0.3, 0.4) is 0 Å². The molecule has 0 bridgehead atoms. The fourth-order valence-corrected chi connectivity index (χ4v) is 1.82. The second kappa shape index (κ2) is 7.28. The predicted octanol–water partition coefficient (Wildman–Crippen LogP) is 3.32. The van der Waals surface area contributed by atoms with E-state index in [0.717, 1.165) is 11.3 Å². The van der Waals surface area contributed by atoms with E-state index in [1.807, 2.05) is 6.92 Å². The summed E-state index contributed by atoms with van der Waals surface area (Å²) in [5.74, 6) is -0.672. The first-order chi connectivity index (χ1) is 9.76. The molecule has 0 aliphatic heterocycles. The molecule has 1 heterocycles. The molecule has 0 aliphatic carbocycles. The minimum atomic E-state index is -4.43. The lowest BCUT2D eigenvalue weighted by molar-refractivity contribution is -0.143. The van der Waals surface area contributed by atoms with Crippen LogP contribution in [0.25, 0.3) is 0 Å². The van der Waals surface area contributed by atoms with Crippen LogP contribution in [-0.2, 0) is 0 Å². The Balaban J connectivity index is 3.04. The molecule has 7 heteroatoms. The number of nitrogens with one attached hydrogen (secondary N) is 1. The van der Waals surface area contributed by atoms with E-state index in [9.17, 15) is 18.0 Å². The summed E-state index contributed by atoms with van der Waals surface area (Å²) >= 11 is 0. The Kier molecular flexibility index (Phi) is 5.99. The SMILES string of the molecule is CCCNc1ccncc1C(=O)N(CC(F)(F)F)C(C)C. The van der Waals surface area contributed by atoms with Gasteiger partial charge in [-0.05, 0) is 26.3 Å². The molecule has 1 amide bonds. The third-order valence-electron chi connectivity index (χ3n) is 2.85. The second-order valence-electron chi connectivity index (χ2n) is 4.99. The third kappa shape index (κ3) is 5.24. The molecular formula is C14H20F3N3O. The minimum absolute atomic E-state index is 0.156. The van der Waals surface area contributed by atoms with Crippen LogP contribution in [0.1, 0.15) is 37.6 Å². The number of carbonyl (C=O) groups excluding carboxylic acids is 1. The number of hydrogen-bond donors (Lipinski definition) is 1. The van der Waals surface area contributed by atoms with Gasteiger partial charge < -0.3 is 10.2 Å². The minimum Gasteiger partial charge on any atom is -0.384 e. The van der Waals surface area contributed by atoms with E-state index < -0.39 is 24.7 Å². The number of pyridine rings is 1. The fraction of sp³-hybridized carbons (Fsp3) is 0.571. The maximum atomic E-state index is 12.6. The molecule has 4 nitrogen and oxygen atoms in total. The maximum absolute atomic E-state index is 12.6. The standard InChI is InChI=1S/C14H20F3N3O/c1-4-6-19-12-5-7-18-8-11(12)13(21)20(10(2)3)9-14(15,16)17/h5,7-8,10H,4,6,9H2,1-3H3,(H,18,19). The van der Waals surface area contributed by atoms with Gasteiger partial charge in [0.2, 0.25) is 0 Å². The molecule has 0 aromatic carbocycles. The Morgan fingerprint density at radius 2 is 2.10 bits per heavy atom. The first kappa shape index (κ1) is 17.3. The van der Waals surface area contributed by atoms with Crippen molar-refractivity contribution in [1.82, 2.24) is 9.88 Å². The van der Waals surface area contributed by atoms with Crippen LogP contribution in [0.5, 0.6) is 0 Å². The van der Waals surface area contributed by atoms with Crippen LogP contribution in [0.15, 0.2) is 18.5 Å². The van der Waals surface area contributed by atoms with Gasteiger partial charge in [0.25, 0.3) is 5.91 Å². The summed E-state index contributed by atoms with van der Waals surface area (Å²) in [6, 6.07) is 1.04. The Morgan fingerprint density at radius 1 is 1.43 bits per heavy atom. The van der Waals surface area contributed by atoms with Crippen molar-refractivity contribution in [2.75, 3.05) is 18.4 Å². The van der Waals surface area contributed by atoms with Gasteiger partial charge in [0.05, 0.1) is 11.3 Å². The van der Waals surface area contributed by atoms with Crippen molar-refractivity contribution < 1.29 is 18.0 Å². The molecule has 21 heavy (non-hydrogen) atoms. The van der Waals surface area contributed by atoms with Crippen molar-refractivity contribution in [3.05, 3.63) is 24.0 Å². The molecule has 0 aliphatic rings. The summed E-state index contributed by atoms with van der Waals surface area (Å²) in [5.41, 5.74) is 0.661. The molecule has 0 unspecified atom stereocenters. The highest BCUT2D eigenvalue weighted by molar-refractivity contribution is 5.99. The van der Waals surface area contributed by atoms with Crippen LogP contribution in [0.2, 0.25) is 0 Å². The van der Waals surface area contributed by atoms with Crippen LogP contribution in [0, 0.1) is 0 Å². The van der Waals surface area contributed by atoms with E-state index in [0.29, 0.717) is 12.2 Å². The summed E-state index contributed by atoms with van der Waals surface area (Å²) in [7, 11) is 0. The van der Waals surface area contributed by atoms with E-state index in [1.165, 1.54) is 12.4 Å². The van der Waals surface area contributed by atoms with Crippen molar-refractivity contribution in [2.24, 2.45) is 0 Å². The predicted molar refractivity (Wildman–Crippen MR) is 75.2 cm³/mol. The third-order valence-corrected chi connectivity index (χ3v) is 2.85. The quantitative estimate of drug-likeness (QED) is 0.877. The highest BCUT2D eigenvalue weighted by Crippen LogP contribution is 2.22. The average molecular weight is 303 g/mol.